The Kier molecular flexibility index (Phi) is 7.83. The molecule has 0 unspecified atom stereocenters. The number of likely N-dealkylation sites (tertiary alicyclic amines) is 1. The molecule has 1 fully saturated rings. The van der Waals surface area contributed by atoms with Crippen molar-refractivity contribution in [1.82, 2.24) is 19.7 Å². The molecule has 2 aromatic heterocycles. The number of benzene rings is 3. The topological polar surface area (TPSA) is 122 Å². The number of nitrogens with zero attached hydrogens (tertiary/aromatic N) is 4. The van der Waals surface area contributed by atoms with Crippen LogP contribution in [0.15, 0.2) is 72.9 Å². The SMILES string of the molecule is CCOC(=O)Cc1ccccc1OCc1c2cc(-c3cccc4c(N)nccc34)ccc2nn1C1CN(C(=O)OCC)C1. The summed E-state index contributed by atoms with van der Waals surface area (Å²) < 4.78 is 18.7. The first-order chi connectivity index (χ1) is 21.0. The Hall–Kier alpha value is -5.12. The van der Waals surface area contributed by atoms with Crippen molar-refractivity contribution in [1.29, 1.82) is 0 Å². The van der Waals surface area contributed by atoms with Gasteiger partial charge in [-0.05, 0) is 54.6 Å². The van der Waals surface area contributed by atoms with Gasteiger partial charge in [0.25, 0.3) is 0 Å². The largest absolute Gasteiger partial charge is 0.487 e. The summed E-state index contributed by atoms with van der Waals surface area (Å²) in [7, 11) is 0. The van der Waals surface area contributed by atoms with Gasteiger partial charge in [0.2, 0.25) is 0 Å². The molecule has 5 aromatic rings. The summed E-state index contributed by atoms with van der Waals surface area (Å²) in [6.07, 6.45) is 1.51. The van der Waals surface area contributed by atoms with Gasteiger partial charge < -0.3 is 24.8 Å². The van der Waals surface area contributed by atoms with Crippen molar-refractivity contribution in [2.75, 3.05) is 32.0 Å². The van der Waals surface area contributed by atoms with Gasteiger partial charge in [-0.1, -0.05) is 42.5 Å². The van der Waals surface area contributed by atoms with E-state index >= 15 is 0 Å². The molecule has 0 radical (unpaired) electrons. The number of anilines is 1. The second-order valence-corrected chi connectivity index (χ2v) is 10.4. The minimum Gasteiger partial charge on any atom is -0.487 e. The highest BCUT2D eigenvalue weighted by molar-refractivity contribution is 6.02. The molecule has 1 amide bonds. The van der Waals surface area contributed by atoms with Gasteiger partial charge in [-0.3, -0.25) is 9.48 Å². The second-order valence-electron chi connectivity index (χ2n) is 10.4. The zero-order chi connectivity index (χ0) is 29.9. The van der Waals surface area contributed by atoms with E-state index in [1.807, 2.05) is 53.2 Å². The summed E-state index contributed by atoms with van der Waals surface area (Å²) >= 11 is 0. The molecule has 10 nitrogen and oxygen atoms in total. The lowest BCUT2D eigenvalue weighted by Crippen LogP contribution is -2.51. The average Bonchev–Trinajstić information content (AvgIpc) is 3.33. The van der Waals surface area contributed by atoms with Crippen LogP contribution in [0.2, 0.25) is 0 Å². The van der Waals surface area contributed by atoms with Crippen molar-refractivity contribution in [3.63, 3.8) is 0 Å². The third-order valence-electron chi connectivity index (χ3n) is 7.66. The summed E-state index contributed by atoms with van der Waals surface area (Å²) in [6, 6.07) is 21.6. The smallest absolute Gasteiger partial charge is 0.409 e. The molecule has 2 N–H and O–H groups in total. The first kappa shape index (κ1) is 28.0. The number of hydrogen-bond donors (Lipinski definition) is 1. The number of para-hydroxylation sites is 1. The van der Waals surface area contributed by atoms with Crippen molar-refractivity contribution in [2.45, 2.75) is 32.9 Å². The Bertz CT molecular complexity index is 1810. The molecular formula is C33H33N5O5. The zero-order valence-corrected chi connectivity index (χ0v) is 24.2. The number of nitrogens with two attached hydrogens (primary N) is 1. The molecule has 1 aliphatic heterocycles. The highest BCUT2D eigenvalue weighted by atomic mass is 16.6. The molecule has 220 valence electrons. The molecule has 0 atom stereocenters. The maximum absolute atomic E-state index is 12.3. The summed E-state index contributed by atoms with van der Waals surface area (Å²) in [4.78, 5) is 30.4. The average molecular weight is 580 g/mol. The van der Waals surface area contributed by atoms with Crippen molar-refractivity contribution in [2.24, 2.45) is 0 Å². The number of rotatable bonds is 9. The number of ether oxygens (including phenoxy) is 3. The van der Waals surface area contributed by atoms with E-state index < -0.39 is 0 Å². The molecule has 0 aliphatic carbocycles. The van der Waals surface area contributed by atoms with Gasteiger partial charge in [-0.2, -0.15) is 5.10 Å². The van der Waals surface area contributed by atoms with Gasteiger partial charge in [-0.15, -0.1) is 0 Å². The van der Waals surface area contributed by atoms with E-state index in [0.29, 0.717) is 37.9 Å². The third-order valence-corrected chi connectivity index (χ3v) is 7.66. The monoisotopic (exact) mass is 579 g/mol. The summed E-state index contributed by atoms with van der Waals surface area (Å²) in [6.45, 7) is 5.41. The molecule has 3 aromatic carbocycles. The number of aromatic nitrogens is 3. The van der Waals surface area contributed by atoms with Gasteiger partial charge in [-0.25, -0.2) is 9.78 Å². The fourth-order valence-electron chi connectivity index (χ4n) is 5.53. The molecule has 0 bridgehead atoms. The molecule has 0 saturated carbocycles. The fraction of sp³-hybridized carbons (Fsp3) is 0.273. The second kappa shape index (κ2) is 12.0. The third kappa shape index (κ3) is 5.55. The lowest BCUT2D eigenvalue weighted by Gasteiger charge is -2.38. The van der Waals surface area contributed by atoms with Gasteiger partial charge in [0.1, 0.15) is 18.2 Å². The number of esters is 1. The Morgan fingerprint density at radius 3 is 2.56 bits per heavy atom. The fourth-order valence-corrected chi connectivity index (χ4v) is 5.53. The molecular weight excluding hydrogens is 546 g/mol. The van der Waals surface area contributed by atoms with Crippen LogP contribution in [0.1, 0.15) is 31.1 Å². The van der Waals surface area contributed by atoms with E-state index in [-0.39, 0.29) is 31.1 Å². The van der Waals surface area contributed by atoms with Crippen LogP contribution < -0.4 is 10.5 Å². The van der Waals surface area contributed by atoms with Crippen LogP contribution in [0.5, 0.6) is 5.75 Å². The van der Waals surface area contributed by atoms with E-state index in [4.69, 9.17) is 25.0 Å². The van der Waals surface area contributed by atoms with E-state index in [0.717, 1.165) is 44.1 Å². The molecule has 3 heterocycles. The number of hydrogen-bond acceptors (Lipinski definition) is 8. The summed E-state index contributed by atoms with van der Waals surface area (Å²) in [5.74, 6) is 0.782. The number of nitrogen functional groups attached to an aromatic ring is 1. The molecule has 1 saturated heterocycles. The number of pyridine rings is 1. The highest BCUT2D eigenvalue weighted by Crippen LogP contribution is 2.35. The van der Waals surface area contributed by atoms with Gasteiger partial charge in [0, 0.05) is 35.6 Å². The lowest BCUT2D eigenvalue weighted by molar-refractivity contribution is -0.142. The van der Waals surface area contributed by atoms with E-state index in [9.17, 15) is 9.59 Å². The van der Waals surface area contributed by atoms with E-state index in [1.165, 1.54) is 0 Å². The van der Waals surface area contributed by atoms with E-state index in [2.05, 4.69) is 23.2 Å². The van der Waals surface area contributed by atoms with Crippen LogP contribution in [0.4, 0.5) is 10.6 Å². The molecule has 6 rings (SSSR count). The van der Waals surface area contributed by atoms with Gasteiger partial charge in [0.15, 0.2) is 0 Å². The zero-order valence-electron chi connectivity index (χ0n) is 24.2. The van der Waals surface area contributed by atoms with Crippen molar-refractivity contribution < 1.29 is 23.8 Å². The number of amides is 1. The Labute approximate surface area is 249 Å². The van der Waals surface area contributed by atoms with Gasteiger partial charge >= 0.3 is 12.1 Å². The first-order valence-corrected chi connectivity index (χ1v) is 14.4. The quantitative estimate of drug-likeness (QED) is 0.226. The van der Waals surface area contributed by atoms with Crippen LogP contribution in [0.25, 0.3) is 32.8 Å². The molecule has 43 heavy (non-hydrogen) atoms. The molecule has 1 aliphatic rings. The van der Waals surface area contributed by atoms with Crippen LogP contribution in [-0.2, 0) is 27.3 Å². The van der Waals surface area contributed by atoms with Crippen molar-refractivity contribution in [3.8, 4) is 16.9 Å². The Morgan fingerprint density at radius 2 is 1.74 bits per heavy atom. The van der Waals surface area contributed by atoms with Crippen LogP contribution in [-0.4, -0.2) is 58.0 Å². The maximum atomic E-state index is 12.3. The Morgan fingerprint density at radius 1 is 0.930 bits per heavy atom. The number of carbonyl (C=O) groups is 2. The molecule has 10 heteroatoms. The predicted octanol–water partition coefficient (Wildman–Crippen LogP) is 5.53. The van der Waals surface area contributed by atoms with Gasteiger partial charge in [0.05, 0.1) is 36.9 Å². The minimum absolute atomic E-state index is 0.0305. The number of carbonyl (C=O) groups excluding carboxylic acids is 2. The van der Waals surface area contributed by atoms with Crippen molar-refractivity contribution in [3.05, 3.63) is 84.2 Å². The van der Waals surface area contributed by atoms with Crippen LogP contribution in [0, 0.1) is 0 Å². The van der Waals surface area contributed by atoms with E-state index in [1.54, 1.807) is 24.9 Å². The van der Waals surface area contributed by atoms with Crippen molar-refractivity contribution >= 4 is 39.6 Å². The molecule has 0 spiro atoms. The van der Waals surface area contributed by atoms with Crippen LogP contribution in [0.3, 0.4) is 0 Å². The lowest BCUT2D eigenvalue weighted by atomic mass is 9.97. The summed E-state index contributed by atoms with van der Waals surface area (Å²) in [5.41, 5.74) is 10.7. The normalized spacial score (nSPS) is 13.2. The minimum atomic E-state index is -0.326. The first-order valence-electron chi connectivity index (χ1n) is 14.4. The number of fused-ring (bicyclic) bond motifs is 2. The standard InChI is InChI=1S/C33H33N5O5/c1-3-41-31(39)17-22-8-5-6-11-30(22)43-20-29-27-16-21(24-9-7-10-26-25(24)14-15-35-32(26)34)12-13-28(27)36-38(29)23-18-37(19-23)33(40)42-4-2/h5-16,23H,3-4,17-20H2,1-2H3,(H2,34,35). The Balaban J connectivity index is 1.38. The highest BCUT2D eigenvalue weighted by Gasteiger charge is 2.35. The summed E-state index contributed by atoms with van der Waals surface area (Å²) in [5, 5.41) is 7.79. The van der Waals surface area contributed by atoms with Crippen LogP contribution >= 0.6 is 0 Å². The maximum Gasteiger partial charge on any atom is 0.409 e. The predicted molar refractivity (Wildman–Crippen MR) is 164 cm³/mol.